The Morgan fingerprint density at radius 3 is 2.79 bits per heavy atom. The van der Waals surface area contributed by atoms with E-state index in [1.54, 1.807) is 11.3 Å². The minimum absolute atomic E-state index is 0.135. The Bertz CT molecular complexity index is 809. The second kappa shape index (κ2) is 8.27. The van der Waals surface area contributed by atoms with Crippen molar-refractivity contribution in [2.45, 2.75) is 56.5 Å². The first-order valence-corrected chi connectivity index (χ1v) is 11.3. The molecule has 4 rings (SSSR count). The first kappa shape index (κ1) is 20.1. The van der Waals surface area contributed by atoms with Crippen molar-refractivity contribution in [1.29, 1.82) is 0 Å². The quantitative estimate of drug-likeness (QED) is 0.782. The summed E-state index contributed by atoms with van der Waals surface area (Å²) in [6.07, 6.45) is 9.31. The molecule has 2 aromatic rings. The van der Waals surface area contributed by atoms with Gasteiger partial charge in [-0.3, -0.25) is 0 Å². The summed E-state index contributed by atoms with van der Waals surface area (Å²) < 4.78 is 6.74. The maximum Gasteiger partial charge on any atom is 0.224 e. The first-order chi connectivity index (χ1) is 13.5. The van der Waals surface area contributed by atoms with Crippen LogP contribution < -0.4 is 10.2 Å². The highest BCUT2D eigenvalue weighted by atomic mass is 35.5. The zero-order valence-electron chi connectivity index (χ0n) is 16.9. The zero-order chi connectivity index (χ0) is 19.7. The third-order valence-corrected chi connectivity index (χ3v) is 7.51. The Kier molecular flexibility index (Phi) is 5.93. The average Bonchev–Trinajstić information content (AvgIpc) is 3.07. The van der Waals surface area contributed by atoms with Crippen molar-refractivity contribution in [3.05, 3.63) is 38.8 Å². The van der Waals surface area contributed by atoms with Gasteiger partial charge in [-0.1, -0.05) is 11.6 Å². The third-order valence-electron chi connectivity index (χ3n) is 5.96. The van der Waals surface area contributed by atoms with Gasteiger partial charge in [0, 0.05) is 61.0 Å². The lowest BCUT2D eigenvalue weighted by Crippen LogP contribution is -2.47. The highest BCUT2D eigenvalue weighted by Gasteiger charge is 2.43. The van der Waals surface area contributed by atoms with Gasteiger partial charge >= 0.3 is 0 Å². The smallest absolute Gasteiger partial charge is 0.224 e. The van der Waals surface area contributed by atoms with Crippen LogP contribution in [-0.4, -0.2) is 43.3 Å². The van der Waals surface area contributed by atoms with Gasteiger partial charge < -0.3 is 15.0 Å². The van der Waals surface area contributed by atoms with Crippen LogP contribution in [0, 0.1) is 0 Å². The van der Waals surface area contributed by atoms with E-state index < -0.39 is 0 Å². The summed E-state index contributed by atoms with van der Waals surface area (Å²) in [5.41, 5.74) is 2.68. The second-order valence-corrected chi connectivity index (χ2v) is 10.1. The minimum atomic E-state index is 0.135. The number of piperidine rings is 1. The van der Waals surface area contributed by atoms with Crippen LogP contribution in [0.3, 0.4) is 0 Å². The van der Waals surface area contributed by atoms with Gasteiger partial charge in [-0.15, -0.1) is 11.3 Å². The Morgan fingerprint density at radius 1 is 1.25 bits per heavy atom. The average molecular weight is 421 g/mol. The third kappa shape index (κ3) is 4.06. The van der Waals surface area contributed by atoms with E-state index in [0.717, 1.165) is 61.2 Å². The van der Waals surface area contributed by atoms with Crippen LogP contribution in [0.1, 0.15) is 54.7 Å². The Hall–Kier alpha value is -1.21. The van der Waals surface area contributed by atoms with Gasteiger partial charge in [-0.2, -0.15) is 0 Å². The van der Waals surface area contributed by atoms with Crippen LogP contribution in [0.5, 0.6) is 0 Å². The maximum atomic E-state index is 6.47. The first-order valence-electron chi connectivity index (χ1n) is 10.1. The molecule has 4 heterocycles. The Labute approximate surface area is 176 Å². The zero-order valence-corrected chi connectivity index (χ0v) is 18.4. The molecule has 7 heteroatoms. The number of anilines is 1. The van der Waals surface area contributed by atoms with E-state index in [-0.39, 0.29) is 11.5 Å². The van der Waals surface area contributed by atoms with Gasteiger partial charge in [0.15, 0.2) is 0 Å². The monoisotopic (exact) mass is 420 g/mol. The lowest BCUT2D eigenvalue weighted by atomic mass is 9.68. The van der Waals surface area contributed by atoms with E-state index in [9.17, 15) is 0 Å². The summed E-state index contributed by atoms with van der Waals surface area (Å²) in [6, 6.07) is 2.83. The number of ether oxygens (including phenoxy) is 1. The van der Waals surface area contributed by atoms with Gasteiger partial charge in [0.2, 0.25) is 5.95 Å². The number of halogens is 1. The van der Waals surface area contributed by atoms with Gasteiger partial charge in [-0.05, 0) is 50.7 Å². The van der Waals surface area contributed by atoms with Crippen LogP contribution in [0.2, 0.25) is 4.34 Å². The fraction of sp³-hybridized carbons (Fsp3) is 0.619. The number of hydrogen-bond donors (Lipinski definition) is 1. The topological polar surface area (TPSA) is 50.3 Å². The van der Waals surface area contributed by atoms with Crippen molar-refractivity contribution in [3.63, 3.8) is 0 Å². The summed E-state index contributed by atoms with van der Waals surface area (Å²) in [6.45, 7) is 3.92. The maximum absolute atomic E-state index is 6.47. The molecule has 1 fully saturated rings. The molecule has 0 amide bonds. The molecule has 0 aromatic carbocycles. The summed E-state index contributed by atoms with van der Waals surface area (Å²) in [5.74, 6) is 0.745. The van der Waals surface area contributed by atoms with E-state index in [1.165, 1.54) is 10.4 Å². The van der Waals surface area contributed by atoms with Crippen molar-refractivity contribution in [2.24, 2.45) is 0 Å². The van der Waals surface area contributed by atoms with Crippen LogP contribution in [-0.2, 0) is 16.6 Å². The molecule has 0 bridgehead atoms. The molecule has 2 aromatic heterocycles. The van der Waals surface area contributed by atoms with Crippen LogP contribution in [0.4, 0.5) is 5.95 Å². The molecule has 152 valence electrons. The van der Waals surface area contributed by atoms with Crippen LogP contribution >= 0.6 is 22.9 Å². The van der Waals surface area contributed by atoms with E-state index >= 15 is 0 Å². The van der Waals surface area contributed by atoms with Gasteiger partial charge in [0.1, 0.15) is 0 Å². The predicted molar refractivity (Wildman–Crippen MR) is 116 cm³/mol. The van der Waals surface area contributed by atoms with Crippen LogP contribution in [0.25, 0.3) is 0 Å². The molecular weight excluding hydrogens is 392 g/mol. The summed E-state index contributed by atoms with van der Waals surface area (Å²) in [5, 5.41) is 3.79. The summed E-state index contributed by atoms with van der Waals surface area (Å²) in [4.78, 5) is 12.5. The normalized spacial score (nSPS) is 28.3. The summed E-state index contributed by atoms with van der Waals surface area (Å²) in [7, 11) is 3.93. The number of nitrogens with one attached hydrogen (secondary N) is 1. The largest absolute Gasteiger partial charge is 0.381 e. The van der Waals surface area contributed by atoms with Crippen molar-refractivity contribution in [3.8, 4) is 0 Å². The van der Waals surface area contributed by atoms with Crippen molar-refractivity contribution >= 4 is 28.9 Å². The fourth-order valence-electron chi connectivity index (χ4n) is 4.81. The number of thiophene rings is 1. The van der Waals surface area contributed by atoms with E-state index in [2.05, 4.69) is 28.3 Å². The molecule has 1 spiro atoms. The number of aromatic nitrogens is 2. The van der Waals surface area contributed by atoms with Gasteiger partial charge in [0.25, 0.3) is 0 Å². The van der Waals surface area contributed by atoms with E-state index in [4.69, 9.17) is 16.3 Å². The fourth-order valence-corrected chi connectivity index (χ4v) is 6.34. The number of rotatable bonds is 2. The highest BCUT2D eigenvalue weighted by Crippen LogP contribution is 2.50. The van der Waals surface area contributed by atoms with Crippen molar-refractivity contribution in [2.75, 3.05) is 32.2 Å². The molecule has 2 aliphatic heterocycles. The summed E-state index contributed by atoms with van der Waals surface area (Å²) >= 11 is 8.25. The molecule has 0 radical (unpaired) electrons. The van der Waals surface area contributed by atoms with Gasteiger partial charge in [0.05, 0.1) is 10.9 Å². The van der Waals surface area contributed by atoms with Crippen molar-refractivity contribution < 1.29 is 4.74 Å². The SMILES string of the molecule is CC1CC2(CCCOCCc3cc(Cl)sc32)CC(c2cnc(N(C)C)nc2)N1. The predicted octanol–water partition coefficient (Wildman–Crippen LogP) is 4.36. The molecule has 28 heavy (non-hydrogen) atoms. The minimum Gasteiger partial charge on any atom is -0.381 e. The van der Waals surface area contributed by atoms with Crippen molar-refractivity contribution in [1.82, 2.24) is 15.3 Å². The molecule has 3 atom stereocenters. The highest BCUT2D eigenvalue weighted by molar-refractivity contribution is 7.16. The van der Waals surface area contributed by atoms with Crippen LogP contribution in [0.15, 0.2) is 18.5 Å². The molecule has 0 aliphatic carbocycles. The molecule has 5 nitrogen and oxygen atoms in total. The molecular formula is C21H29ClN4OS. The van der Waals surface area contributed by atoms with Gasteiger partial charge in [-0.25, -0.2) is 9.97 Å². The molecule has 1 N–H and O–H groups in total. The lowest BCUT2D eigenvalue weighted by Gasteiger charge is -2.45. The Balaban J connectivity index is 1.69. The molecule has 2 aliphatic rings. The standard InChI is InChI=1S/C21H29ClN4OS/c1-14-10-21(6-4-7-27-8-5-15-9-18(22)28-19(15)21)11-17(25-14)16-12-23-20(24-13-16)26(2)3/h9,12-14,17,25H,4-8,10-11H2,1-3H3. The van der Waals surface area contributed by atoms with E-state index in [0.29, 0.717) is 6.04 Å². The lowest BCUT2D eigenvalue weighted by molar-refractivity contribution is 0.123. The Morgan fingerprint density at radius 2 is 2.04 bits per heavy atom. The number of nitrogens with zero attached hydrogens (tertiary/aromatic N) is 3. The molecule has 1 saturated heterocycles. The molecule has 0 saturated carbocycles. The number of hydrogen-bond acceptors (Lipinski definition) is 6. The second-order valence-electron chi connectivity index (χ2n) is 8.39. The molecule has 3 unspecified atom stereocenters. The van der Waals surface area contributed by atoms with E-state index in [1.807, 2.05) is 31.4 Å². The number of fused-ring (bicyclic) bond motifs is 2.